The van der Waals surface area contributed by atoms with Gasteiger partial charge in [-0.2, -0.15) is 13.2 Å². The largest absolute Gasteiger partial charge is 0.506 e. The Bertz CT molecular complexity index is 458. The lowest BCUT2D eigenvalue weighted by Crippen LogP contribution is -2.29. The highest BCUT2D eigenvalue weighted by molar-refractivity contribution is 9.10. The minimum atomic E-state index is -4.55. The average molecular weight is 363 g/mol. The fourth-order valence-electron chi connectivity index (χ4n) is 1.58. The molecule has 0 aliphatic carbocycles. The van der Waals surface area contributed by atoms with Gasteiger partial charge in [0.05, 0.1) is 10.0 Å². The van der Waals surface area contributed by atoms with E-state index in [9.17, 15) is 18.3 Å². The van der Waals surface area contributed by atoms with Gasteiger partial charge >= 0.3 is 6.18 Å². The minimum Gasteiger partial charge on any atom is -0.506 e. The van der Waals surface area contributed by atoms with Crippen LogP contribution in [0.3, 0.4) is 0 Å². The summed E-state index contributed by atoms with van der Waals surface area (Å²) in [6, 6.07) is 1.16. The van der Waals surface area contributed by atoms with E-state index in [2.05, 4.69) is 15.9 Å². The topological polar surface area (TPSA) is 46.2 Å². The molecule has 1 aromatic rings. The molecule has 110 valence electrons. The summed E-state index contributed by atoms with van der Waals surface area (Å²) in [6.45, 7) is 5.16. The maximum Gasteiger partial charge on any atom is 0.416 e. The van der Waals surface area contributed by atoms with Crippen LogP contribution in [0.4, 0.5) is 13.2 Å². The quantitative estimate of drug-likeness (QED) is 0.764. The summed E-state index contributed by atoms with van der Waals surface area (Å²) in [4.78, 5) is 0. The van der Waals surface area contributed by atoms with Gasteiger partial charge in [-0.1, -0.05) is 20.8 Å². The predicted molar refractivity (Wildman–Crippen MR) is 74.4 cm³/mol. The minimum absolute atomic E-state index is 0. The molecule has 2 nitrogen and oxygen atoms in total. The van der Waals surface area contributed by atoms with Gasteiger partial charge in [-0.3, -0.25) is 0 Å². The first-order valence-corrected chi connectivity index (χ1v) is 6.09. The van der Waals surface area contributed by atoms with Crippen LogP contribution in [0.1, 0.15) is 37.9 Å². The highest BCUT2D eigenvalue weighted by atomic mass is 79.9. The maximum absolute atomic E-state index is 12.9. The van der Waals surface area contributed by atoms with Crippen molar-refractivity contribution >= 4 is 28.3 Å². The second-order valence-electron chi connectivity index (χ2n) is 5.20. The number of hydrogen-bond acceptors (Lipinski definition) is 2. The molecule has 0 fully saturated rings. The van der Waals surface area contributed by atoms with Crippen LogP contribution >= 0.6 is 28.3 Å². The Hall–Kier alpha value is -0.460. The van der Waals surface area contributed by atoms with Gasteiger partial charge in [0.2, 0.25) is 0 Å². The van der Waals surface area contributed by atoms with Crippen LogP contribution in [0.15, 0.2) is 16.6 Å². The van der Waals surface area contributed by atoms with Gasteiger partial charge in [0, 0.05) is 11.6 Å². The number of phenolic OH excluding ortho intramolecular Hbond substituents is 1. The molecule has 0 bridgehead atoms. The van der Waals surface area contributed by atoms with E-state index < -0.39 is 28.9 Å². The Morgan fingerprint density at radius 1 is 1.21 bits per heavy atom. The Morgan fingerprint density at radius 2 is 1.68 bits per heavy atom. The van der Waals surface area contributed by atoms with Gasteiger partial charge in [-0.25, -0.2) is 0 Å². The van der Waals surface area contributed by atoms with Crippen LogP contribution in [0.25, 0.3) is 0 Å². The third-order valence-corrected chi connectivity index (χ3v) is 3.36. The molecule has 0 aromatic heterocycles. The van der Waals surface area contributed by atoms with Crippen molar-refractivity contribution in [3.63, 3.8) is 0 Å². The lowest BCUT2D eigenvalue weighted by molar-refractivity contribution is -0.138. The molecule has 0 saturated heterocycles. The van der Waals surface area contributed by atoms with Crippen molar-refractivity contribution in [2.24, 2.45) is 11.1 Å². The van der Waals surface area contributed by atoms with E-state index in [1.807, 2.05) is 0 Å². The third-order valence-electron chi connectivity index (χ3n) is 2.72. The van der Waals surface area contributed by atoms with Crippen molar-refractivity contribution in [1.29, 1.82) is 0 Å². The van der Waals surface area contributed by atoms with Gasteiger partial charge in [0.25, 0.3) is 0 Å². The molecule has 0 amide bonds. The lowest BCUT2D eigenvalue weighted by atomic mass is 9.81. The highest BCUT2D eigenvalue weighted by Crippen LogP contribution is 2.45. The molecule has 1 atom stereocenters. The molecule has 0 radical (unpaired) electrons. The SMILES string of the molecule is CC(C)(C)[C@H](N)c1c(C(F)(F)F)ccc(Br)c1O.Cl. The van der Waals surface area contributed by atoms with Crippen LogP contribution in [-0.2, 0) is 6.18 Å². The number of halogens is 5. The lowest BCUT2D eigenvalue weighted by Gasteiger charge is -2.30. The van der Waals surface area contributed by atoms with Crippen LogP contribution in [-0.4, -0.2) is 5.11 Å². The molecule has 7 heteroatoms. The van der Waals surface area contributed by atoms with Crippen LogP contribution < -0.4 is 5.73 Å². The Kier molecular flexibility index (Phi) is 5.75. The zero-order valence-corrected chi connectivity index (χ0v) is 13.1. The number of alkyl halides is 3. The standard InChI is InChI=1S/C12H15BrF3NO.ClH/c1-11(2,3)10(17)8-6(12(14,15)16)4-5-7(13)9(8)18;/h4-5,10,18H,17H2,1-3H3;1H/t10-;/m1./s1. The second-order valence-corrected chi connectivity index (χ2v) is 6.05. The van der Waals surface area contributed by atoms with E-state index in [1.54, 1.807) is 20.8 Å². The Labute approximate surface area is 124 Å². The van der Waals surface area contributed by atoms with E-state index in [4.69, 9.17) is 5.73 Å². The third kappa shape index (κ3) is 4.00. The maximum atomic E-state index is 12.9. The molecule has 1 aromatic carbocycles. The number of benzene rings is 1. The van der Waals surface area contributed by atoms with E-state index in [1.165, 1.54) is 0 Å². The first-order chi connectivity index (χ1) is 7.96. The summed E-state index contributed by atoms with van der Waals surface area (Å²) in [6.07, 6.45) is -4.55. The van der Waals surface area contributed by atoms with E-state index in [-0.39, 0.29) is 22.4 Å². The van der Waals surface area contributed by atoms with Gasteiger partial charge in [-0.05, 0) is 33.5 Å². The van der Waals surface area contributed by atoms with Crippen molar-refractivity contribution < 1.29 is 18.3 Å². The number of aromatic hydroxyl groups is 1. The molecule has 19 heavy (non-hydrogen) atoms. The monoisotopic (exact) mass is 361 g/mol. The van der Waals surface area contributed by atoms with Crippen molar-refractivity contribution in [2.45, 2.75) is 33.0 Å². The van der Waals surface area contributed by atoms with Crippen LogP contribution in [0, 0.1) is 5.41 Å². The molecular formula is C12H16BrClF3NO. The fourth-order valence-corrected chi connectivity index (χ4v) is 1.92. The first kappa shape index (κ1) is 18.5. The molecule has 0 aliphatic heterocycles. The first-order valence-electron chi connectivity index (χ1n) is 5.30. The highest BCUT2D eigenvalue weighted by Gasteiger charge is 2.39. The molecular weight excluding hydrogens is 346 g/mol. The molecule has 0 saturated carbocycles. The molecule has 0 spiro atoms. The summed E-state index contributed by atoms with van der Waals surface area (Å²) < 4.78 is 39.0. The van der Waals surface area contributed by atoms with Gasteiger partial charge < -0.3 is 10.8 Å². The van der Waals surface area contributed by atoms with Crippen LogP contribution in [0.5, 0.6) is 5.75 Å². The van der Waals surface area contributed by atoms with Gasteiger partial charge in [0.1, 0.15) is 5.75 Å². The van der Waals surface area contributed by atoms with E-state index in [0.29, 0.717) is 0 Å². The Morgan fingerprint density at radius 3 is 2.05 bits per heavy atom. The number of hydrogen-bond donors (Lipinski definition) is 2. The summed E-state index contributed by atoms with van der Waals surface area (Å²) in [5.41, 5.74) is 4.09. The summed E-state index contributed by atoms with van der Waals surface area (Å²) in [5.74, 6) is -0.452. The van der Waals surface area contributed by atoms with Crippen molar-refractivity contribution in [3.05, 3.63) is 27.7 Å². The molecule has 1 rings (SSSR count). The van der Waals surface area contributed by atoms with Gasteiger partial charge in [0.15, 0.2) is 0 Å². The number of phenols is 1. The summed E-state index contributed by atoms with van der Waals surface area (Å²) in [7, 11) is 0. The van der Waals surface area contributed by atoms with Crippen LogP contribution in [0.2, 0.25) is 0 Å². The second kappa shape index (κ2) is 5.89. The van der Waals surface area contributed by atoms with Gasteiger partial charge in [-0.15, -0.1) is 12.4 Å². The van der Waals surface area contributed by atoms with Crippen molar-refractivity contribution in [1.82, 2.24) is 0 Å². The van der Waals surface area contributed by atoms with E-state index in [0.717, 1.165) is 12.1 Å². The molecule has 0 heterocycles. The zero-order chi connectivity index (χ0) is 14.3. The normalized spacial score (nSPS) is 13.9. The molecule has 0 unspecified atom stereocenters. The summed E-state index contributed by atoms with van der Waals surface area (Å²) >= 11 is 3.01. The fraction of sp³-hybridized carbons (Fsp3) is 0.500. The number of nitrogens with two attached hydrogens (primary N) is 1. The Balaban J connectivity index is 0.00000324. The van der Waals surface area contributed by atoms with Crippen molar-refractivity contribution in [2.75, 3.05) is 0 Å². The molecule has 3 N–H and O–H groups in total. The van der Waals surface area contributed by atoms with E-state index >= 15 is 0 Å². The average Bonchev–Trinajstić information content (AvgIpc) is 2.17. The summed E-state index contributed by atoms with van der Waals surface area (Å²) in [5, 5.41) is 9.85. The number of rotatable bonds is 1. The molecule has 0 aliphatic rings. The zero-order valence-electron chi connectivity index (χ0n) is 10.7. The smallest absolute Gasteiger partial charge is 0.416 e. The van der Waals surface area contributed by atoms with Crippen molar-refractivity contribution in [3.8, 4) is 5.75 Å². The predicted octanol–water partition coefficient (Wildman–Crippen LogP) is 4.64.